The molecule has 1 aliphatic rings. The normalized spacial score (nSPS) is 15.4. The Labute approximate surface area is 190 Å². The third-order valence-electron chi connectivity index (χ3n) is 5.40. The largest absolute Gasteiger partial charge is 0.452 e. The smallest absolute Gasteiger partial charge is 0.340 e. The number of anilines is 1. The molecule has 7 heteroatoms. The molecule has 0 radical (unpaired) electrons. The summed E-state index contributed by atoms with van der Waals surface area (Å²) in [5.41, 5.74) is 1.46. The van der Waals surface area contributed by atoms with Crippen molar-refractivity contribution in [3.05, 3.63) is 88.1 Å². The van der Waals surface area contributed by atoms with Gasteiger partial charge in [0.15, 0.2) is 6.61 Å². The fourth-order valence-electron chi connectivity index (χ4n) is 3.88. The summed E-state index contributed by atoms with van der Waals surface area (Å²) in [7, 11) is 0. The van der Waals surface area contributed by atoms with Crippen molar-refractivity contribution in [1.82, 2.24) is 4.90 Å². The fraction of sp³-hybridized carbons (Fsp3) is 0.240. The molecule has 1 N–H and O–H groups in total. The minimum absolute atomic E-state index is 0.0470. The molecule has 2 aromatic carbocycles. The zero-order valence-electron chi connectivity index (χ0n) is 17.5. The quantitative estimate of drug-likeness (QED) is 0.542. The van der Waals surface area contributed by atoms with E-state index in [2.05, 4.69) is 5.32 Å². The molecular weight excluding hydrogens is 424 g/mol. The van der Waals surface area contributed by atoms with Gasteiger partial charge in [-0.3, -0.25) is 9.59 Å². The maximum Gasteiger partial charge on any atom is 0.340 e. The van der Waals surface area contributed by atoms with Crippen LogP contribution in [0.3, 0.4) is 0 Å². The Morgan fingerprint density at radius 1 is 1.00 bits per heavy atom. The first kappa shape index (κ1) is 21.8. The Morgan fingerprint density at radius 2 is 1.78 bits per heavy atom. The second-order valence-electron chi connectivity index (χ2n) is 7.59. The third-order valence-corrected chi connectivity index (χ3v) is 6.37. The number of benzene rings is 2. The highest BCUT2D eigenvalue weighted by Gasteiger charge is 2.31. The van der Waals surface area contributed by atoms with Gasteiger partial charge in [0, 0.05) is 11.4 Å². The predicted octanol–water partition coefficient (Wildman–Crippen LogP) is 4.45. The lowest BCUT2D eigenvalue weighted by Gasteiger charge is -2.23. The summed E-state index contributed by atoms with van der Waals surface area (Å²) >= 11 is 1.63. The number of carbonyl (C=O) groups excluding carboxylic acids is 3. The Kier molecular flexibility index (Phi) is 6.97. The molecular formula is C25H24N2O4S. The SMILES string of the molecule is O=C(Cc1ccccc1)Nc1ccccc1C(=O)OCC(=O)N1CCCC1c1cccs1. The molecule has 1 aromatic heterocycles. The van der Waals surface area contributed by atoms with Crippen molar-refractivity contribution in [3.63, 3.8) is 0 Å². The molecule has 0 spiro atoms. The van der Waals surface area contributed by atoms with Gasteiger partial charge in [-0.15, -0.1) is 11.3 Å². The molecule has 0 aliphatic carbocycles. The molecule has 1 fully saturated rings. The van der Waals surface area contributed by atoms with Gasteiger partial charge in [0.25, 0.3) is 5.91 Å². The number of hydrogen-bond donors (Lipinski definition) is 1. The first-order valence-electron chi connectivity index (χ1n) is 10.5. The van der Waals surface area contributed by atoms with Gasteiger partial charge in [-0.2, -0.15) is 0 Å². The Bertz CT molecular complexity index is 1080. The van der Waals surface area contributed by atoms with Crippen LogP contribution < -0.4 is 5.32 Å². The van der Waals surface area contributed by atoms with Gasteiger partial charge in [0.05, 0.1) is 23.7 Å². The summed E-state index contributed by atoms with van der Waals surface area (Å²) in [6, 6.07) is 20.1. The predicted molar refractivity (Wildman–Crippen MR) is 124 cm³/mol. The van der Waals surface area contributed by atoms with Crippen LogP contribution in [0.5, 0.6) is 0 Å². The maximum absolute atomic E-state index is 12.7. The van der Waals surface area contributed by atoms with Crippen LogP contribution >= 0.6 is 11.3 Å². The zero-order valence-corrected chi connectivity index (χ0v) is 18.3. The molecule has 1 saturated heterocycles. The van der Waals surface area contributed by atoms with Crippen molar-refractivity contribution in [2.24, 2.45) is 0 Å². The number of thiophene rings is 1. The number of nitrogens with zero attached hydrogens (tertiary/aromatic N) is 1. The van der Waals surface area contributed by atoms with Crippen LogP contribution in [-0.4, -0.2) is 35.8 Å². The zero-order chi connectivity index (χ0) is 22.3. The molecule has 0 bridgehead atoms. The standard InChI is InChI=1S/C25H24N2O4S/c28-23(16-18-8-2-1-3-9-18)26-20-11-5-4-10-19(20)25(30)31-17-24(29)27-14-6-12-21(27)22-13-7-15-32-22/h1-5,7-11,13,15,21H,6,12,14,16-17H2,(H,26,28). The molecule has 2 heterocycles. The number of ether oxygens (including phenoxy) is 1. The van der Waals surface area contributed by atoms with E-state index in [0.29, 0.717) is 12.2 Å². The number of hydrogen-bond acceptors (Lipinski definition) is 5. The van der Waals surface area contributed by atoms with Crippen molar-refractivity contribution in [1.29, 1.82) is 0 Å². The van der Waals surface area contributed by atoms with E-state index in [1.807, 2.05) is 47.8 Å². The third kappa shape index (κ3) is 5.23. The average Bonchev–Trinajstić information content (AvgIpc) is 3.50. The number of nitrogens with one attached hydrogen (secondary N) is 1. The van der Waals surface area contributed by atoms with E-state index in [4.69, 9.17) is 4.74 Å². The molecule has 1 atom stereocenters. The summed E-state index contributed by atoms with van der Waals surface area (Å²) in [6.07, 6.45) is 2.04. The van der Waals surface area contributed by atoms with E-state index in [-0.39, 0.29) is 36.4 Å². The van der Waals surface area contributed by atoms with E-state index < -0.39 is 5.97 Å². The molecule has 2 amide bonds. The Morgan fingerprint density at radius 3 is 2.56 bits per heavy atom. The summed E-state index contributed by atoms with van der Waals surface area (Å²) in [4.78, 5) is 40.8. The molecule has 164 valence electrons. The van der Waals surface area contributed by atoms with E-state index >= 15 is 0 Å². The van der Waals surface area contributed by atoms with Gasteiger partial charge in [-0.05, 0) is 42.0 Å². The molecule has 3 aromatic rings. The molecule has 32 heavy (non-hydrogen) atoms. The first-order chi connectivity index (χ1) is 15.6. The highest BCUT2D eigenvalue weighted by Crippen LogP contribution is 2.34. The second kappa shape index (κ2) is 10.2. The van der Waals surface area contributed by atoms with Crippen LogP contribution in [0.15, 0.2) is 72.1 Å². The molecule has 4 rings (SSSR count). The van der Waals surface area contributed by atoms with Gasteiger partial charge < -0.3 is 15.0 Å². The van der Waals surface area contributed by atoms with Gasteiger partial charge in [-0.1, -0.05) is 48.5 Å². The number of amides is 2. The lowest BCUT2D eigenvalue weighted by atomic mass is 10.1. The molecule has 1 unspecified atom stereocenters. The van der Waals surface area contributed by atoms with Crippen molar-refractivity contribution in [2.75, 3.05) is 18.5 Å². The topological polar surface area (TPSA) is 75.7 Å². The average molecular weight is 449 g/mol. The van der Waals surface area contributed by atoms with Gasteiger partial charge in [-0.25, -0.2) is 4.79 Å². The van der Waals surface area contributed by atoms with Crippen molar-refractivity contribution < 1.29 is 19.1 Å². The Balaban J connectivity index is 1.36. The van der Waals surface area contributed by atoms with Gasteiger partial charge in [0.2, 0.25) is 5.91 Å². The van der Waals surface area contributed by atoms with Crippen LogP contribution in [0.25, 0.3) is 0 Å². The van der Waals surface area contributed by atoms with Gasteiger partial charge in [0.1, 0.15) is 0 Å². The van der Waals surface area contributed by atoms with Gasteiger partial charge >= 0.3 is 5.97 Å². The number of para-hydroxylation sites is 1. The minimum Gasteiger partial charge on any atom is -0.452 e. The van der Waals surface area contributed by atoms with Crippen molar-refractivity contribution >= 4 is 34.8 Å². The lowest BCUT2D eigenvalue weighted by Crippen LogP contribution is -2.34. The first-order valence-corrected chi connectivity index (χ1v) is 11.4. The number of rotatable bonds is 7. The van der Waals surface area contributed by atoms with E-state index in [9.17, 15) is 14.4 Å². The Hall–Kier alpha value is -3.45. The van der Waals surface area contributed by atoms with Crippen LogP contribution in [0.2, 0.25) is 0 Å². The van der Waals surface area contributed by atoms with Crippen molar-refractivity contribution in [2.45, 2.75) is 25.3 Å². The fourth-order valence-corrected chi connectivity index (χ4v) is 4.75. The summed E-state index contributed by atoms with van der Waals surface area (Å²) in [5, 5.41) is 4.77. The monoisotopic (exact) mass is 448 g/mol. The van der Waals surface area contributed by atoms with E-state index in [0.717, 1.165) is 23.3 Å². The van der Waals surface area contributed by atoms with E-state index in [1.54, 1.807) is 40.5 Å². The summed E-state index contributed by atoms with van der Waals surface area (Å²) in [6.45, 7) is 0.331. The maximum atomic E-state index is 12.7. The van der Waals surface area contributed by atoms with Crippen LogP contribution in [-0.2, 0) is 20.7 Å². The minimum atomic E-state index is -0.638. The van der Waals surface area contributed by atoms with Crippen LogP contribution in [0.1, 0.15) is 39.7 Å². The molecule has 0 saturated carbocycles. The lowest BCUT2D eigenvalue weighted by molar-refractivity contribution is -0.135. The number of carbonyl (C=O) groups is 3. The summed E-state index contributed by atoms with van der Waals surface area (Å²) in [5.74, 6) is -1.08. The number of likely N-dealkylation sites (tertiary alicyclic amines) is 1. The van der Waals surface area contributed by atoms with Crippen molar-refractivity contribution in [3.8, 4) is 0 Å². The highest BCUT2D eigenvalue weighted by molar-refractivity contribution is 7.10. The number of esters is 1. The van der Waals surface area contributed by atoms with Crippen LogP contribution in [0, 0.1) is 0 Å². The summed E-state index contributed by atoms with van der Waals surface area (Å²) < 4.78 is 5.33. The highest BCUT2D eigenvalue weighted by atomic mass is 32.1. The molecule has 6 nitrogen and oxygen atoms in total. The second-order valence-corrected chi connectivity index (χ2v) is 8.57. The van der Waals surface area contributed by atoms with E-state index in [1.165, 1.54) is 0 Å². The van der Waals surface area contributed by atoms with Crippen LogP contribution in [0.4, 0.5) is 5.69 Å². The molecule has 1 aliphatic heterocycles.